The molecule has 1 heterocycles. The van der Waals surface area contributed by atoms with Gasteiger partial charge in [-0.1, -0.05) is 16.8 Å². The van der Waals surface area contributed by atoms with E-state index in [4.69, 9.17) is 25.6 Å². The SMILES string of the molecule is COc1cc(COC(=O)c2cc(C)no2)cc(Cl)c1OC(F)F. The zero-order chi connectivity index (χ0) is 17.0. The van der Waals surface area contributed by atoms with Crippen molar-refractivity contribution in [3.05, 3.63) is 40.2 Å². The summed E-state index contributed by atoms with van der Waals surface area (Å²) in [5.41, 5.74) is 0.966. The molecule has 0 aliphatic carbocycles. The van der Waals surface area contributed by atoms with Crippen molar-refractivity contribution in [3.63, 3.8) is 0 Å². The van der Waals surface area contributed by atoms with Crippen molar-refractivity contribution in [2.24, 2.45) is 0 Å². The number of benzene rings is 1. The molecule has 0 saturated carbocycles. The Kier molecular flexibility index (Phi) is 5.38. The maximum Gasteiger partial charge on any atom is 0.387 e. The Morgan fingerprint density at radius 1 is 1.39 bits per heavy atom. The van der Waals surface area contributed by atoms with E-state index in [1.165, 1.54) is 25.3 Å². The molecule has 0 aliphatic heterocycles. The van der Waals surface area contributed by atoms with Crippen molar-refractivity contribution in [2.75, 3.05) is 7.11 Å². The van der Waals surface area contributed by atoms with Gasteiger partial charge in [-0.3, -0.25) is 0 Å². The molecule has 0 amide bonds. The lowest BCUT2D eigenvalue weighted by Gasteiger charge is -2.13. The Balaban J connectivity index is 2.11. The summed E-state index contributed by atoms with van der Waals surface area (Å²) in [5.74, 6) is -1.05. The van der Waals surface area contributed by atoms with Crippen LogP contribution in [0.25, 0.3) is 0 Å². The molecule has 1 aromatic heterocycles. The zero-order valence-electron chi connectivity index (χ0n) is 12.1. The lowest BCUT2D eigenvalue weighted by atomic mass is 10.2. The first kappa shape index (κ1) is 17.0. The van der Waals surface area contributed by atoms with Crippen LogP contribution in [0.5, 0.6) is 11.5 Å². The number of hydrogen-bond acceptors (Lipinski definition) is 6. The molecule has 124 valence electrons. The summed E-state index contributed by atoms with van der Waals surface area (Å²) in [5, 5.41) is 3.48. The maximum absolute atomic E-state index is 12.3. The van der Waals surface area contributed by atoms with E-state index in [0.717, 1.165) is 0 Å². The number of nitrogens with zero attached hydrogens (tertiary/aromatic N) is 1. The van der Waals surface area contributed by atoms with E-state index < -0.39 is 12.6 Å². The van der Waals surface area contributed by atoms with E-state index in [0.29, 0.717) is 11.3 Å². The average molecular weight is 348 g/mol. The number of esters is 1. The van der Waals surface area contributed by atoms with E-state index >= 15 is 0 Å². The van der Waals surface area contributed by atoms with Crippen molar-refractivity contribution < 1.29 is 32.3 Å². The van der Waals surface area contributed by atoms with Gasteiger partial charge in [0.15, 0.2) is 11.5 Å². The fourth-order valence-electron chi connectivity index (χ4n) is 1.74. The van der Waals surface area contributed by atoms with Crippen LogP contribution in [-0.2, 0) is 11.3 Å². The Morgan fingerprint density at radius 2 is 2.13 bits per heavy atom. The van der Waals surface area contributed by atoms with Crippen molar-refractivity contribution in [1.82, 2.24) is 5.16 Å². The average Bonchev–Trinajstić information content (AvgIpc) is 2.93. The quantitative estimate of drug-likeness (QED) is 0.743. The van der Waals surface area contributed by atoms with E-state index in [-0.39, 0.29) is 28.9 Å². The van der Waals surface area contributed by atoms with Crippen LogP contribution in [0.3, 0.4) is 0 Å². The van der Waals surface area contributed by atoms with Gasteiger partial charge in [-0.25, -0.2) is 4.79 Å². The molecule has 0 fully saturated rings. The van der Waals surface area contributed by atoms with Crippen molar-refractivity contribution in [1.29, 1.82) is 0 Å². The summed E-state index contributed by atoms with van der Waals surface area (Å²) >= 11 is 5.89. The first-order chi connectivity index (χ1) is 10.9. The number of alkyl halides is 2. The number of hydrogen-bond donors (Lipinski definition) is 0. The number of aryl methyl sites for hydroxylation is 1. The number of aromatic nitrogens is 1. The minimum absolute atomic E-state index is 0.000594. The standard InChI is InChI=1S/C14H12ClF2NO5/c1-7-3-11(23-18-7)13(19)21-6-8-4-9(15)12(22-14(16)17)10(5-8)20-2/h3-5,14H,6H2,1-2H3. The molecule has 9 heteroatoms. The molecule has 0 aliphatic rings. The Hall–Kier alpha value is -2.35. The molecule has 0 atom stereocenters. The topological polar surface area (TPSA) is 70.8 Å². The van der Waals surface area contributed by atoms with Crippen LogP contribution in [0.15, 0.2) is 22.7 Å². The normalized spacial score (nSPS) is 10.7. The number of methoxy groups -OCH3 is 1. The molecule has 23 heavy (non-hydrogen) atoms. The summed E-state index contributed by atoms with van der Waals surface area (Å²) in [4.78, 5) is 11.7. The van der Waals surface area contributed by atoms with Gasteiger partial charge in [0.1, 0.15) is 6.61 Å². The van der Waals surface area contributed by atoms with Crippen LogP contribution >= 0.6 is 11.6 Å². The maximum atomic E-state index is 12.3. The molecule has 2 rings (SSSR count). The molecule has 6 nitrogen and oxygen atoms in total. The first-order valence-corrected chi connectivity index (χ1v) is 6.70. The van der Waals surface area contributed by atoms with Crippen molar-refractivity contribution in [2.45, 2.75) is 20.1 Å². The van der Waals surface area contributed by atoms with Crippen LogP contribution in [0.4, 0.5) is 8.78 Å². The molecular weight excluding hydrogens is 336 g/mol. The molecular formula is C14H12ClF2NO5. The Bertz CT molecular complexity index is 704. The van der Waals surface area contributed by atoms with E-state index in [1.54, 1.807) is 6.92 Å². The predicted octanol–water partition coefficient (Wildman–Crippen LogP) is 3.60. The number of halogens is 3. The third kappa shape index (κ3) is 4.32. The molecule has 2 aromatic rings. The molecule has 0 radical (unpaired) electrons. The number of ether oxygens (including phenoxy) is 3. The third-order valence-corrected chi connectivity index (χ3v) is 2.98. The van der Waals surface area contributed by atoms with Crippen LogP contribution in [-0.4, -0.2) is 24.8 Å². The predicted molar refractivity (Wildman–Crippen MR) is 75.0 cm³/mol. The largest absolute Gasteiger partial charge is 0.493 e. The highest BCUT2D eigenvalue weighted by Gasteiger charge is 2.18. The van der Waals surface area contributed by atoms with Gasteiger partial charge in [0.2, 0.25) is 5.76 Å². The van der Waals surface area contributed by atoms with Crippen LogP contribution < -0.4 is 9.47 Å². The smallest absolute Gasteiger partial charge is 0.387 e. The fourth-order valence-corrected chi connectivity index (χ4v) is 2.02. The molecule has 0 spiro atoms. The fraction of sp³-hybridized carbons (Fsp3) is 0.286. The second kappa shape index (κ2) is 7.28. The monoisotopic (exact) mass is 347 g/mol. The molecule has 0 saturated heterocycles. The van der Waals surface area contributed by atoms with E-state index in [2.05, 4.69) is 9.89 Å². The molecule has 0 bridgehead atoms. The second-order valence-corrected chi connectivity index (χ2v) is 4.80. The summed E-state index contributed by atoms with van der Waals surface area (Å²) in [6, 6.07) is 4.14. The summed E-state index contributed by atoms with van der Waals surface area (Å²) < 4.78 is 43.7. The van der Waals surface area contributed by atoms with Gasteiger partial charge in [0.25, 0.3) is 0 Å². The minimum Gasteiger partial charge on any atom is -0.493 e. The highest BCUT2D eigenvalue weighted by molar-refractivity contribution is 6.32. The van der Waals surface area contributed by atoms with Gasteiger partial charge >= 0.3 is 12.6 Å². The van der Waals surface area contributed by atoms with E-state index in [1.807, 2.05) is 0 Å². The summed E-state index contributed by atoms with van der Waals surface area (Å²) in [7, 11) is 1.27. The summed E-state index contributed by atoms with van der Waals surface area (Å²) in [6.45, 7) is -1.55. The highest BCUT2D eigenvalue weighted by Crippen LogP contribution is 2.37. The summed E-state index contributed by atoms with van der Waals surface area (Å²) in [6.07, 6.45) is 0. The highest BCUT2D eigenvalue weighted by atomic mass is 35.5. The second-order valence-electron chi connectivity index (χ2n) is 4.40. The van der Waals surface area contributed by atoms with Gasteiger partial charge in [-0.05, 0) is 24.6 Å². The lowest BCUT2D eigenvalue weighted by Crippen LogP contribution is -2.06. The van der Waals surface area contributed by atoms with Crippen LogP contribution in [0, 0.1) is 6.92 Å². The minimum atomic E-state index is -3.04. The molecule has 0 unspecified atom stereocenters. The number of carbonyl (C=O) groups excluding carboxylic acids is 1. The third-order valence-electron chi connectivity index (χ3n) is 2.70. The number of carbonyl (C=O) groups is 1. The van der Waals surface area contributed by atoms with E-state index in [9.17, 15) is 13.6 Å². The van der Waals surface area contributed by atoms with Gasteiger partial charge in [-0.15, -0.1) is 0 Å². The number of rotatable bonds is 6. The molecule has 0 N–H and O–H groups in total. The van der Waals surface area contributed by atoms with Gasteiger partial charge < -0.3 is 18.7 Å². The van der Waals surface area contributed by atoms with Crippen LogP contribution in [0.1, 0.15) is 21.8 Å². The van der Waals surface area contributed by atoms with Gasteiger partial charge in [0.05, 0.1) is 17.8 Å². The van der Waals surface area contributed by atoms with Crippen molar-refractivity contribution in [3.8, 4) is 11.5 Å². The lowest BCUT2D eigenvalue weighted by molar-refractivity contribution is -0.0511. The first-order valence-electron chi connectivity index (χ1n) is 6.32. The van der Waals surface area contributed by atoms with Gasteiger partial charge in [-0.2, -0.15) is 8.78 Å². The van der Waals surface area contributed by atoms with Gasteiger partial charge in [0, 0.05) is 6.07 Å². The Morgan fingerprint density at radius 3 is 2.70 bits per heavy atom. The Labute approximate surface area is 134 Å². The zero-order valence-corrected chi connectivity index (χ0v) is 12.9. The van der Waals surface area contributed by atoms with Crippen LogP contribution in [0.2, 0.25) is 5.02 Å². The molecule has 1 aromatic carbocycles. The van der Waals surface area contributed by atoms with Crippen molar-refractivity contribution >= 4 is 17.6 Å².